The quantitative estimate of drug-likeness (QED) is 0.201. The van der Waals surface area contributed by atoms with Gasteiger partial charge in [0.1, 0.15) is 18.2 Å². The summed E-state index contributed by atoms with van der Waals surface area (Å²) in [6.45, 7) is 6.19. The van der Waals surface area contributed by atoms with Gasteiger partial charge in [-0.1, -0.05) is 24.8 Å². The minimum absolute atomic E-state index is 0.0853. The number of aromatic nitrogens is 1. The van der Waals surface area contributed by atoms with Crippen molar-refractivity contribution in [2.45, 2.75) is 19.5 Å². The third kappa shape index (κ3) is 4.98. The Hall–Kier alpha value is -4.46. The number of hydrogen-bond acceptors (Lipinski definition) is 6. The number of amides is 1. The molecule has 1 saturated heterocycles. The number of aliphatic hydroxyl groups is 1. The van der Waals surface area contributed by atoms with Crippen LogP contribution in [0.3, 0.4) is 0 Å². The van der Waals surface area contributed by atoms with Gasteiger partial charge in [-0.05, 0) is 60.5 Å². The van der Waals surface area contributed by atoms with Crippen molar-refractivity contribution >= 4 is 17.4 Å². The number of ether oxygens (including phenoxy) is 2. The lowest BCUT2D eigenvalue weighted by molar-refractivity contribution is -0.140. The average molecular weight is 489 g/mol. The fourth-order valence-corrected chi connectivity index (χ4v) is 4.07. The molecule has 36 heavy (non-hydrogen) atoms. The summed E-state index contributed by atoms with van der Waals surface area (Å²) >= 11 is 0. The smallest absolute Gasteiger partial charge is 0.295 e. The Bertz CT molecular complexity index is 1310. The lowest BCUT2D eigenvalue weighted by Gasteiger charge is -2.26. The molecule has 1 amide bonds. The molecule has 0 spiro atoms. The highest BCUT2D eigenvalue weighted by Gasteiger charge is 2.46. The van der Waals surface area contributed by atoms with E-state index in [-0.39, 0.29) is 24.3 Å². The van der Waals surface area contributed by atoms with Crippen molar-refractivity contribution in [2.24, 2.45) is 0 Å². The number of aliphatic hydroxyl groups excluding tert-OH is 1. The first-order valence-electron chi connectivity index (χ1n) is 11.4. The van der Waals surface area contributed by atoms with E-state index in [1.54, 1.807) is 48.8 Å². The van der Waals surface area contributed by atoms with E-state index in [0.717, 1.165) is 0 Å². The largest absolute Gasteiger partial charge is 0.507 e. The Morgan fingerprint density at radius 1 is 1.14 bits per heavy atom. The summed E-state index contributed by atoms with van der Waals surface area (Å²) in [5.74, 6) is -1.59. The summed E-state index contributed by atoms with van der Waals surface area (Å²) in [5, 5.41) is 11.1. The number of carbonyl (C=O) groups is 2. The lowest BCUT2D eigenvalue weighted by Crippen LogP contribution is -2.29. The van der Waals surface area contributed by atoms with Crippen molar-refractivity contribution in [1.82, 2.24) is 9.88 Å². The van der Waals surface area contributed by atoms with E-state index < -0.39 is 29.3 Å². The van der Waals surface area contributed by atoms with E-state index >= 15 is 0 Å². The first-order valence-corrected chi connectivity index (χ1v) is 11.4. The van der Waals surface area contributed by atoms with Gasteiger partial charge < -0.3 is 19.5 Å². The predicted octanol–water partition coefficient (Wildman–Crippen LogP) is 4.81. The zero-order valence-corrected chi connectivity index (χ0v) is 19.7. The number of carbonyl (C=O) groups excluding carboxylic acids is 2. The third-order valence-electron chi connectivity index (χ3n) is 5.67. The molecule has 1 atom stereocenters. The molecule has 1 aliphatic rings. The maximum atomic E-state index is 13.5. The van der Waals surface area contributed by atoms with Crippen LogP contribution in [0, 0.1) is 5.82 Å². The van der Waals surface area contributed by atoms with E-state index in [9.17, 15) is 19.1 Å². The second-order valence-corrected chi connectivity index (χ2v) is 8.03. The van der Waals surface area contributed by atoms with Gasteiger partial charge in [0, 0.05) is 24.5 Å². The summed E-state index contributed by atoms with van der Waals surface area (Å²) in [7, 11) is 0. The van der Waals surface area contributed by atoms with Crippen LogP contribution < -0.4 is 9.47 Å². The van der Waals surface area contributed by atoms with Gasteiger partial charge in [-0.3, -0.25) is 14.6 Å². The van der Waals surface area contributed by atoms with Crippen LogP contribution >= 0.6 is 0 Å². The Kier molecular flexibility index (Phi) is 7.44. The molecule has 1 fully saturated rings. The molecule has 1 N–H and O–H groups in total. The topological polar surface area (TPSA) is 89.0 Å². The molecule has 7 nitrogen and oxygen atoms in total. The summed E-state index contributed by atoms with van der Waals surface area (Å²) in [6, 6.07) is 12.7. The summed E-state index contributed by atoms with van der Waals surface area (Å²) in [4.78, 5) is 31.9. The molecule has 0 saturated carbocycles. The molecule has 1 aliphatic heterocycles. The molecule has 184 valence electrons. The number of likely N-dealkylation sites (tertiary alicyclic amines) is 1. The van der Waals surface area contributed by atoms with Gasteiger partial charge in [0.05, 0.1) is 18.2 Å². The van der Waals surface area contributed by atoms with Crippen molar-refractivity contribution in [3.05, 3.63) is 108 Å². The fourth-order valence-electron chi connectivity index (χ4n) is 4.07. The van der Waals surface area contributed by atoms with Crippen LogP contribution in [0.25, 0.3) is 5.76 Å². The van der Waals surface area contributed by atoms with Crippen molar-refractivity contribution < 1.29 is 28.6 Å². The molecule has 8 heteroatoms. The van der Waals surface area contributed by atoms with Crippen LogP contribution in [-0.4, -0.2) is 39.9 Å². The van der Waals surface area contributed by atoms with Crippen LogP contribution in [0.2, 0.25) is 0 Å². The zero-order valence-electron chi connectivity index (χ0n) is 19.7. The average Bonchev–Trinajstić information content (AvgIpc) is 3.13. The summed E-state index contributed by atoms with van der Waals surface area (Å²) < 4.78 is 24.9. The van der Waals surface area contributed by atoms with E-state index in [4.69, 9.17) is 9.47 Å². The van der Waals surface area contributed by atoms with Crippen LogP contribution in [0.1, 0.15) is 29.7 Å². The number of pyridine rings is 1. The monoisotopic (exact) mass is 488 g/mol. The highest BCUT2D eigenvalue weighted by Crippen LogP contribution is 2.42. The van der Waals surface area contributed by atoms with Crippen LogP contribution in [0.5, 0.6) is 11.5 Å². The highest BCUT2D eigenvalue weighted by molar-refractivity contribution is 6.46. The van der Waals surface area contributed by atoms with Crippen molar-refractivity contribution in [3.8, 4) is 11.5 Å². The molecule has 0 radical (unpaired) electrons. The van der Waals surface area contributed by atoms with Gasteiger partial charge in [-0.15, -0.1) is 0 Å². The molecule has 3 aromatic rings. The minimum Gasteiger partial charge on any atom is -0.507 e. The number of hydrogen-bond donors (Lipinski definition) is 1. The fraction of sp³-hybridized carbons (Fsp3) is 0.179. The first-order chi connectivity index (χ1) is 17.4. The molecule has 0 aliphatic carbocycles. The van der Waals surface area contributed by atoms with E-state index in [1.807, 2.05) is 6.92 Å². The van der Waals surface area contributed by atoms with Gasteiger partial charge in [-0.25, -0.2) is 4.39 Å². The Morgan fingerprint density at radius 3 is 2.58 bits per heavy atom. The van der Waals surface area contributed by atoms with Gasteiger partial charge >= 0.3 is 0 Å². The maximum Gasteiger partial charge on any atom is 0.295 e. The van der Waals surface area contributed by atoms with Gasteiger partial charge in [0.25, 0.3) is 11.7 Å². The molecule has 2 heterocycles. The van der Waals surface area contributed by atoms with E-state index in [2.05, 4.69) is 11.6 Å². The number of nitrogens with zero attached hydrogens (tertiary/aromatic N) is 2. The molecule has 1 aromatic heterocycles. The predicted molar refractivity (Wildman–Crippen MR) is 132 cm³/mol. The number of rotatable bonds is 9. The number of benzene rings is 2. The zero-order chi connectivity index (χ0) is 25.7. The third-order valence-corrected chi connectivity index (χ3v) is 5.67. The highest BCUT2D eigenvalue weighted by atomic mass is 19.1. The number of halogens is 1. The molecular weight excluding hydrogens is 463 g/mol. The first kappa shape index (κ1) is 24.7. The Morgan fingerprint density at radius 2 is 1.92 bits per heavy atom. The summed E-state index contributed by atoms with van der Waals surface area (Å²) in [6.07, 6.45) is 4.82. The van der Waals surface area contributed by atoms with Crippen LogP contribution in [-0.2, 0) is 16.1 Å². The SMILES string of the molecule is C=CCOc1ccc(C2C(=C(O)c3ccc(F)cc3)C(=O)C(=O)N2Cc2cccnc2)cc1OCC. The minimum atomic E-state index is -0.928. The Labute approximate surface area is 208 Å². The standard InChI is InChI=1S/C28H25FN2O5/c1-3-14-36-22-12-9-20(15-23(22)35-4-2)25-24(26(32)19-7-10-21(29)11-8-19)27(33)28(34)31(25)17-18-6-5-13-30-16-18/h3,5-13,15-16,25,32H,1,4,14,17H2,2H3. The van der Waals surface area contributed by atoms with Crippen molar-refractivity contribution in [2.75, 3.05) is 13.2 Å². The number of ketones is 1. The summed E-state index contributed by atoms with van der Waals surface area (Å²) in [5.41, 5.74) is 1.37. The second kappa shape index (κ2) is 10.9. The molecule has 1 unspecified atom stereocenters. The lowest BCUT2D eigenvalue weighted by atomic mass is 9.95. The van der Waals surface area contributed by atoms with E-state index in [1.165, 1.54) is 29.2 Å². The van der Waals surface area contributed by atoms with Crippen LogP contribution in [0.4, 0.5) is 4.39 Å². The number of Topliss-reactive ketones (excluding diaryl/α,β-unsaturated/α-hetero) is 1. The van der Waals surface area contributed by atoms with Crippen LogP contribution in [0.15, 0.2) is 85.2 Å². The molecule has 0 bridgehead atoms. The maximum absolute atomic E-state index is 13.5. The van der Waals surface area contributed by atoms with Gasteiger partial charge in [0.15, 0.2) is 11.5 Å². The molecule has 4 rings (SSSR count). The normalized spacial score (nSPS) is 16.7. The van der Waals surface area contributed by atoms with Gasteiger partial charge in [-0.2, -0.15) is 0 Å². The van der Waals surface area contributed by atoms with Crippen molar-refractivity contribution in [3.63, 3.8) is 0 Å². The molecular formula is C28H25FN2O5. The molecule has 2 aromatic carbocycles. The van der Waals surface area contributed by atoms with E-state index in [0.29, 0.717) is 29.2 Å². The Balaban J connectivity index is 1.87. The second-order valence-electron chi connectivity index (χ2n) is 8.03. The van der Waals surface area contributed by atoms with Crippen molar-refractivity contribution in [1.29, 1.82) is 0 Å². The van der Waals surface area contributed by atoms with Gasteiger partial charge in [0.2, 0.25) is 0 Å².